The zero-order valence-electron chi connectivity index (χ0n) is 12.7. The Morgan fingerprint density at radius 3 is 2.36 bits per heavy atom. The number of aromatic carboxylic acids is 1. The minimum Gasteiger partial charge on any atom is -0.478 e. The molecule has 128 valence electrons. The van der Waals surface area contributed by atoms with Crippen LogP contribution in [0.3, 0.4) is 0 Å². The average molecular weight is 397 g/mol. The smallest absolute Gasteiger partial charge is 0.337 e. The predicted molar refractivity (Wildman–Crippen MR) is 99.9 cm³/mol. The maximum Gasteiger partial charge on any atom is 0.337 e. The molecule has 0 aliphatic carbocycles. The second-order valence-corrected chi connectivity index (χ2v) is 6.56. The Kier molecular flexibility index (Phi) is 5.23. The van der Waals surface area contributed by atoms with Crippen molar-refractivity contribution in [2.24, 2.45) is 0 Å². The molecular weight excluding hydrogens is 385 g/mol. The first kappa shape index (κ1) is 17.7. The highest BCUT2D eigenvalue weighted by atomic mass is 35.5. The molecule has 2 N–H and O–H groups in total. The number of furan rings is 1. The van der Waals surface area contributed by atoms with Gasteiger partial charge in [0.1, 0.15) is 11.5 Å². The largest absolute Gasteiger partial charge is 0.478 e. The summed E-state index contributed by atoms with van der Waals surface area (Å²) in [6, 6.07) is 13.5. The Labute approximate surface area is 158 Å². The van der Waals surface area contributed by atoms with Crippen molar-refractivity contribution in [3.05, 3.63) is 74.9 Å². The minimum atomic E-state index is -1.06. The lowest BCUT2D eigenvalue weighted by molar-refractivity contribution is 0.0697. The third-order valence-corrected chi connectivity index (χ3v) is 4.22. The molecule has 2 aromatic carbocycles. The Morgan fingerprint density at radius 1 is 1.00 bits per heavy atom. The van der Waals surface area contributed by atoms with E-state index in [4.69, 9.17) is 44.3 Å². The lowest BCUT2D eigenvalue weighted by Crippen LogP contribution is -2.01. The molecule has 25 heavy (non-hydrogen) atoms. The van der Waals surface area contributed by atoms with Crippen LogP contribution < -0.4 is 5.32 Å². The van der Waals surface area contributed by atoms with Gasteiger partial charge in [-0.1, -0.05) is 34.8 Å². The molecule has 0 atom stereocenters. The second kappa shape index (κ2) is 7.40. The van der Waals surface area contributed by atoms with Gasteiger partial charge in [0.15, 0.2) is 0 Å². The Hall–Kier alpha value is -2.14. The number of anilines is 1. The molecule has 4 nitrogen and oxygen atoms in total. The van der Waals surface area contributed by atoms with Gasteiger partial charge in [0, 0.05) is 21.3 Å². The van der Waals surface area contributed by atoms with Crippen LogP contribution in [-0.4, -0.2) is 11.1 Å². The highest BCUT2D eigenvalue weighted by Crippen LogP contribution is 2.29. The molecule has 0 aliphatic heterocycles. The fourth-order valence-electron chi connectivity index (χ4n) is 2.31. The quantitative estimate of drug-likeness (QED) is 0.537. The number of hydrogen-bond acceptors (Lipinski definition) is 3. The summed E-state index contributed by atoms with van der Waals surface area (Å²) >= 11 is 18.0. The summed E-state index contributed by atoms with van der Waals surface area (Å²) in [7, 11) is 0. The SMILES string of the molecule is O=C(O)c1ccc(NCc2ccc(-c3cc(Cl)cc(Cl)c3)o2)cc1Cl. The molecule has 0 bridgehead atoms. The number of carboxylic acid groups (broad SMARTS) is 1. The lowest BCUT2D eigenvalue weighted by Gasteiger charge is -2.06. The number of carboxylic acids is 1. The molecule has 1 aromatic heterocycles. The Balaban J connectivity index is 1.72. The van der Waals surface area contributed by atoms with Gasteiger partial charge in [-0.3, -0.25) is 0 Å². The van der Waals surface area contributed by atoms with Crippen LogP contribution in [0.2, 0.25) is 15.1 Å². The highest BCUT2D eigenvalue weighted by Gasteiger charge is 2.10. The van der Waals surface area contributed by atoms with Gasteiger partial charge in [-0.05, 0) is 48.5 Å². The summed E-state index contributed by atoms with van der Waals surface area (Å²) < 4.78 is 5.79. The summed E-state index contributed by atoms with van der Waals surface area (Å²) in [4.78, 5) is 11.0. The molecule has 0 amide bonds. The van der Waals surface area contributed by atoms with Crippen molar-refractivity contribution in [2.75, 3.05) is 5.32 Å². The molecule has 0 spiro atoms. The molecule has 0 saturated heterocycles. The van der Waals surface area contributed by atoms with Crippen molar-refractivity contribution in [1.82, 2.24) is 0 Å². The second-order valence-electron chi connectivity index (χ2n) is 5.28. The summed E-state index contributed by atoms with van der Waals surface area (Å²) in [6.45, 7) is 0.414. The normalized spacial score (nSPS) is 10.7. The first-order chi connectivity index (χ1) is 11.9. The van der Waals surface area contributed by atoms with E-state index in [1.165, 1.54) is 6.07 Å². The van der Waals surface area contributed by atoms with E-state index in [-0.39, 0.29) is 10.6 Å². The summed E-state index contributed by atoms with van der Waals surface area (Å²) in [5.41, 5.74) is 1.54. The van der Waals surface area contributed by atoms with Gasteiger partial charge in [0.05, 0.1) is 17.1 Å². The van der Waals surface area contributed by atoms with Crippen molar-refractivity contribution in [1.29, 1.82) is 0 Å². The van der Waals surface area contributed by atoms with Gasteiger partial charge in [-0.25, -0.2) is 4.79 Å². The molecule has 1 heterocycles. The molecule has 0 unspecified atom stereocenters. The maximum atomic E-state index is 11.0. The van der Waals surface area contributed by atoms with Gasteiger partial charge < -0.3 is 14.8 Å². The van der Waals surface area contributed by atoms with Crippen LogP contribution in [0.5, 0.6) is 0 Å². The summed E-state index contributed by atoms with van der Waals surface area (Å²) in [6.07, 6.45) is 0. The average Bonchev–Trinajstić information content (AvgIpc) is 3.00. The Morgan fingerprint density at radius 2 is 1.72 bits per heavy atom. The van der Waals surface area contributed by atoms with Crippen LogP contribution in [0.4, 0.5) is 5.69 Å². The number of rotatable bonds is 5. The molecule has 7 heteroatoms. The highest BCUT2D eigenvalue weighted by molar-refractivity contribution is 6.35. The predicted octanol–water partition coefficient (Wildman–Crippen LogP) is 6.22. The number of hydrogen-bond donors (Lipinski definition) is 2. The third kappa shape index (κ3) is 4.28. The zero-order chi connectivity index (χ0) is 18.0. The molecule has 0 saturated carbocycles. The molecule has 3 rings (SSSR count). The van der Waals surface area contributed by atoms with Crippen LogP contribution in [0.1, 0.15) is 16.1 Å². The van der Waals surface area contributed by atoms with Crippen LogP contribution in [-0.2, 0) is 6.54 Å². The summed E-state index contributed by atoms with van der Waals surface area (Å²) in [5.74, 6) is 0.289. The van der Waals surface area contributed by atoms with Crippen LogP contribution in [0.25, 0.3) is 11.3 Å². The van der Waals surface area contributed by atoms with Gasteiger partial charge in [-0.15, -0.1) is 0 Å². The molecule has 0 fully saturated rings. The van der Waals surface area contributed by atoms with Gasteiger partial charge >= 0.3 is 5.97 Å². The minimum absolute atomic E-state index is 0.0605. The van der Waals surface area contributed by atoms with E-state index in [0.717, 1.165) is 5.56 Å². The fraction of sp³-hybridized carbons (Fsp3) is 0.0556. The number of carbonyl (C=O) groups is 1. The monoisotopic (exact) mass is 395 g/mol. The van der Waals surface area contributed by atoms with E-state index < -0.39 is 5.97 Å². The number of benzene rings is 2. The van der Waals surface area contributed by atoms with Crippen LogP contribution in [0.15, 0.2) is 52.9 Å². The molecular formula is C18H12Cl3NO3. The van der Waals surface area contributed by atoms with E-state index in [9.17, 15) is 4.79 Å². The van der Waals surface area contributed by atoms with Gasteiger partial charge in [0.25, 0.3) is 0 Å². The summed E-state index contributed by atoms with van der Waals surface area (Å²) in [5, 5.41) is 13.3. The van der Waals surface area contributed by atoms with Gasteiger partial charge in [0.2, 0.25) is 0 Å². The lowest BCUT2D eigenvalue weighted by atomic mass is 10.2. The zero-order valence-corrected chi connectivity index (χ0v) is 15.0. The van der Waals surface area contributed by atoms with Crippen LogP contribution >= 0.6 is 34.8 Å². The Bertz CT molecular complexity index is 917. The van der Waals surface area contributed by atoms with Gasteiger partial charge in [-0.2, -0.15) is 0 Å². The van der Waals surface area contributed by atoms with E-state index in [1.54, 1.807) is 30.3 Å². The maximum absolute atomic E-state index is 11.0. The van der Waals surface area contributed by atoms with Crippen molar-refractivity contribution >= 4 is 46.5 Å². The van der Waals surface area contributed by atoms with E-state index in [1.807, 2.05) is 12.1 Å². The fourth-order valence-corrected chi connectivity index (χ4v) is 3.10. The van der Waals surface area contributed by atoms with E-state index in [2.05, 4.69) is 5.32 Å². The first-order valence-corrected chi connectivity index (χ1v) is 8.37. The third-order valence-electron chi connectivity index (χ3n) is 3.47. The van der Waals surface area contributed by atoms with Crippen molar-refractivity contribution in [3.8, 4) is 11.3 Å². The van der Waals surface area contributed by atoms with Crippen molar-refractivity contribution in [2.45, 2.75) is 6.54 Å². The topological polar surface area (TPSA) is 62.5 Å². The number of nitrogens with one attached hydrogen (secondary N) is 1. The molecule has 3 aromatic rings. The number of halogens is 3. The first-order valence-electron chi connectivity index (χ1n) is 7.24. The van der Waals surface area contributed by atoms with Crippen molar-refractivity contribution in [3.63, 3.8) is 0 Å². The molecule has 0 radical (unpaired) electrons. The van der Waals surface area contributed by atoms with Crippen molar-refractivity contribution < 1.29 is 14.3 Å². The standard InChI is InChI=1S/C18H12Cl3NO3/c19-11-5-10(6-12(20)7-11)17-4-2-14(25-17)9-22-13-1-3-15(18(23)24)16(21)8-13/h1-8,22H,9H2,(H,23,24). The van der Waals surface area contributed by atoms with Crippen LogP contribution in [0, 0.1) is 0 Å². The van der Waals surface area contributed by atoms with E-state index in [0.29, 0.717) is 33.8 Å². The van der Waals surface area contributed by atoms with E-state index >= 15 is 0 Å². The molecule has 0 aliphatic rings.